The second-order valence-corrected chi connectivity index (χ2v) is 3.47. The van der Waals surface area contributed by atoms with Crippen molar-refractivity contribution in [2.75, 3.05) is 13.2 Å². The number of hydrogen-bond donors (Lipinski definition) is 2. The Balaban J connectivity index is 1.98. The molecule has 13 heavy (non-hydrogen) atoms. The van der Waals surface area contributed by atoms with E-state index in [9.17, 15) is 9.90 Å². The Kier molecular flexibility index (Phi) is 2.23. The highest BCUT2D eigenvalue weighted by Gasteiger charge is 2.47. The van der Waals surface area contributed by atoms with Gasteiger partial charge in [-0.05, 0) is 0 Å². The van der Waals surface area contributed by atoms with E-state index < -0.39 is 6.10 Å². The summed E-state index contributed by atoms with van der Waals surface area (Å²) in [4.78, 5) is 10.8. The van der Waals surface area contributed by atoms with Crippen molar-refractivity contribution in [1.29, 1.82) is 0 Å². The van der Waals surface area contributed by atoms with Gasteiger partial charge in [-0.25, -0.2) is 0 Å². The quantitative estimate of drug-likeness (QED) is 0.532. The van der Waals surface area contributed by atoms with Gasteiger partial charge in [0, 0.05) is 6.92 Å². The Morgan fingerprint density at radius 2 is 2.08 bits per heavy atom. The first-order chi connectivity index (χ1) is 6.18. The van der Waals surface area contributed by atoms with Crippen molar-refractivity contribution in [2.45, 2.75) is 31.3 Å². The van der Waals surface area contributed by atoms with Gasteiger partial charge in [-0.3, -0.25) is 4.79 Å². The molecule has 0 aromatic rings. The van der Waals surface area contributed by atoms with Crippen LogP contribution in [-0.4, -0.2) is 48.6 Å². The van der Waals surface area contributed by atoms with E-state index in [0.717, 1.165) is 0 Å². The average molecular weight is 187 g/mol. The van der Waals surface area contributed by atoms with Crippen LogP contribution in [0.1, 0.15) is 6.92 Å². The van der Waals surface area contributed by atoms with E-state index in [1.165, 1.54) is 6.92 Å². The molecule has 2 saturated heterocycles. The molecule has 5 heteroatoms. The van der Waals surface area contributed by atoms with Crippen LogP contribution in [0, 0.1) is 0 Å². The van der Waals surface area contributed by atoms with Crippen LogP contribution < -0.4 is 5.32 Å². The number of fused-ring (bicyclic) bond motifs is 1. The molecule has 0 spiro atoms. The van der Waals surface area contributed by atoms with Crippen molar-refractivity contribution < 1.29 is 19.4 Å². The third-order valence-corrected chi connectivity index (χ3v) is 2.42. The van der Waals surface area contributed by atoms with Crippen LogP contribution in [0.3, 0.4) is 0 Å². The van der Waals surface area contributed by atoms with Crippen molar-refractivity contribution >= 4 is 5.91 Å². The summed E-state index contributed by atoms with van der Waals surface area (Å²) in [6.07, 6.45) is -1.00. The van der Waals surface area contributed by atoms with Crippen molar-refractivity contribution in [2.24, 2.45) is 0 Å². The topological polar surface area (TPSA) is 67.8 Å². The molecule has 0 unspecified atom stereocenters. The van der Waals surface area contributed by atoms with Crippen molar-refractivity contribution in [1.82, 2.24) is 5.32 Å². The number of carbonyl (C=O) groups excluding carboxylic acids is 1. The van der Waals surface area contributed by atoms with Gasteiger partial charge < -0.3 is 19.9 Å². The van der Waals surface area contributed by atoms with E-state index in [2.05, 4.69) is 5.32 Å². The summed E-state index contributed by atoms with van der Waals surface area (Å²) in [5.41, 5.74) is 0. The predicted octanol–water partition coefficient (Wildman–Crippen LogP) is -1.35. The summed E-state index contributed by atoms with van der Waals surface area (Å²) in [5, 5.41) is 12.1. The fraction of sp³-hybridized carbons (Fsp3) is 0.875. The molecule has 2 N–H and O–H groups in total. The minimum atomic E-state index is -0.552. The highest BCUT2D eigenvalue weighted by atomic mass is 16.6. The lowest BCUT2D eigenvalue weighted by atomic mass is 10.1. The Bertz CT molecular complexity index is 220. The second kappa shape index (κ2) is 3.25. The molecule has 2 rings (SSSR count). The van der Waals surface area contributed by atoms with E-state index in [0.29, 0.717) is 13.2 Å². The Morgan fingerprint density at radius 1 is 1.38 bits per heavy atom. The number of rotatable bonds is 1. The number of ether oxygens (including phenoxy) is 2. The lowest BCUT2D eigenvalue weighted by molar-refractivity contribution is -0.120. The maximum Gasteiger partial charge on any atom is 0.217 e. The second-order valence-electron chi connectivity index (χ2n) is 3.47. The number of aliphatic hydroxyl groups excluding tert-OH is 1. The molecule has 2 aliphatic heterocycles. The summed E-state index contributed by atoms with van der Waals surface area (Å²) in [5.74, 6) is -0.0979. The first-order valence-corrected chi connectivity index (χ1v) is 4.37. The zero-order valence-electron chi connectivity index (χ0n) is 7.40. The van der Waals surface area contributed by atoms with Crippen molar-refractivity contribution in [3.8, 4) is 0 Å². The molecule has 74 valence electrons. The van der Waals surface area contributed by atoms with Crippen LogP contribution in [0.4, 0.5) is 0 Å². The Labute approximate surface area is 76.0 Å². The standard InChI is InChI=1S/C8H13NO4/c1-4(10)9-5-2-12-8-6(11)3-13-7(5)8/h5-8,11H,2-3H2,1H3,(H,9,10)/t5-,6-,7-,8-/m1/s1. The summed E-state index contributed by atoms with van der Waals surface area (Å²) in [6.45, 7) is 2.18. The van der Waals surface area contributed by atoms with Crippen LogP contribution in [0.15, 0.2) is 0 Å². The average Bonchev–Trinajstić information content (AvgIpc) is 2.56. The fourth-order valence-electron chi connectivity index (χ4n) is 1.86. The number of hydrogen-bond acceptors (Lipinski definition) is 4. The van der Waals surface area contributed by atoms with Gasteiger partial charge in [0.15, 0.2) is 0 Å². The summed E-state index contributed by atoms with van der Waals surface area (Å²) >= 11 is 0. The Hall–Kier alpha value is -0.650. The number of aliphatic hydroxyl groups is 1. The van der Waals surface area contributed by atoms with Crippen LogP contribution in [-0.2, 0) is 14.3 Å². The van der Waals surface area contributed by atoms with Gasteiger partial charge in [-0.15, -0.1) is 0 Å². The zero-order valence-corrected chi connectivity index (χ0v) is 7.40. The van der Waals surface area contributed by atoms with Gasteiger partial charge in [0.25, 0.3) is 0 Å². The number of amides is 1. The monoisotopic (exact) mass is 187 g/mol. The van der Waals surface area contributed by atoms with Crippen LogP contribution in [0.2, 0.25) is 0 Å². The minimum absolute atomic E-state index is 0.0979. The predicted molar refractivity (Wildman–Crippen MR) is 43.1 cm³/mol. The van der Waals surface area contributed by atoms with Crippen molar-refractivity contribution in [3.05, 3.63) is 0 Å². The van der Waals surface area contributed by atoms with E-state index in [1.54, 1.807) is 0 Å². The van der Waals surface area contributed by atoms with Crippen molar-refractivity contribution in [3.63, 3.8) is 0 Å². The van der Waals surface area contributed by atoms with Gasteiger partial charge in [-0.1, -0.05) is 0 Å². The molecular formula is C8H13NO4. The molecule has 0 aliphatic carbocycles. The number of nitrogens with one attached hydrogen (secondary N) is 1. The molecule has 5 nitrogen and oxygen atoms in total. The third kappa shape index (κ3) is 1.54. The molecule has 0 aromatic heterocycles. The molecule has 0 aromatic carbocycles. The van der Waals surface area contributed by atoms with E-state index in [4.69, 9.17) is 9.47 Å². The first kappa shape index (κ1) is 8.93. The molecular weight excluding hydrogens is 174 g/mol. The van der Waals surface area contributed by atoms with Gasteiger partial charge >= 0.3 is 0 Å². The molecule has 2 fully saturated rings. The van der Waals surface area contributed by atoms with Crippen LogP contribution >= 0.6 is 0 Å². The van der Waals surface area contributed by atoms with Gasteiger partial charge in [0.05, 0.1) is 19.3 Å². The minimum Gasteiger partial charge on any atom is -0.388 e. The van der Waals surface area contributed by atoms with Gasteiger partial charge in [-0.2, -0.15) is 0 Å². The van der Waals surface area contributed by atoms with Gasteiger partial charge in [0.1, 0.15) is 18.3 Å². The fourth-order valence-corrected chi connectivity index (χ4v) is 1.86. The highest BCUT2D eigenvalue weighted by Crippen LogP contribution is 2.26. The van der Waals surface area contributed by atoms with Gasteiger partial charge in [0.2, 0.25) is 5.91 Å². The molecule has 0 bridgehead atoms. The smallest absolute Gasteiger partial charge is 0.217 e. The van der Waals surface area contributed by atoms with Crippen LogP contribution in [0.5, 0.6) is 0 Å². The SMILES string of the molecule is CC(=O)N[C@@H]1CO[C@H]2[C@@H]1OC[C@H]2O. The molecule has 2 aliphatic rings. The highest BCUT2D eigenvalue weighted by molar-refractivity contribution is 5.73. The van der Waals surface area contributed by atoms with E-state index in [1.807, 2.05) is 0 Å². The first-order valence-electron chi connectivity index (χ1n) is 4.37. The molecule has 0 saturated carbocycles. The zero-order chi connectivity index (χ0) is 9.42. The maximum absolute atomic E-state index is 10.8. The Morgan fingerprint density at radius 3 is 2.77 bits per heavy atom. The van der Waals surface area contributed by atoms with Crippen LogP contribution in [0.25, 0.3) is 0 Å². The molecule has 0 radical (unpaired) electrons. The number of carbonyl (C=O) groups is 1. The largest absolute Gasteiger partial charge is 0.388 e. The van der Waals surface area contributed by atoms with E-state index >= 15 is 0 Å². The normalized spacial score (nSPS) is 43.2. The summed E-state index contributed by atoms with van der Waals surface area (Å²) in [6, 6.07) is -0.111. The van der Waals surface area contributed by atoms with E-state index in [-0.39, 0.29) is 24.2 Å². The maximum atomic E-state index is 10.8. The summed E-state index contributed by atoms with van der Waals surface area (Å²) in [7, 11) is 0. The lowest BCUT2D eigenvalue weighted by Gasteiger charge is -2.15. The molecule has 2 heterocycles. The lowest BCUT2D eigenvalue weighted by Crippen LogP contribution is -2.43. The third-order valence-electron chi connectivity index (χ3n) is 2.42. The molecule has 1 amide bonds. The summed E-state index contributed by atoms with van der Waals surface area (Å²) < 4.78 is 10.6. The molecule has 4 atom stereocenters.